The number of nitrogens with one attached hydrogen (secondary N) is 1. The van der Waals surface area contributed by atoms with Crippen molar-refractivity contribution in [1.82, 2.24) is 10.2 Å². The van der Waals surface area contributed by atoms with E-state index in [1.807, 2.05) is 6.92 Å². The van der Waals surface area contributed by atoms with Crippen LogP contribution in [0.5, 0.6) is 0 Å². The number of hydrogen-bond donors (Lipinski definition) is 1. The predicted molar refractivity (Wildman–Crippen MR) is 74.3 cm³/mol. The van der Waals surface area contributed by atoms with Gasteiger partial charge in [-0.05, 0) is 13.3 Å². The van der Waals surface area contributed by atoms with Crippen molar-refractivity contribution in [3.05, 3.63) is 0 Å². The van der Waals surface area contributed by atoms with Crippen LogP contribution < -0.4 is 5.32 Å². The topological polar surface area (TPSA) is 41.6 Å². The predicted octanol–water partition coefficient (Wildman–Crippen LogP) is 1.47. The highest BCUT2D eigenvalue weighted by Gasteiger charge is 2.26. The van der Waals surface area contributed by atoms with Gasteiger partial charge in [-0.15, -0.1) is 24.8 Å². The van der Waals surface area contributed by atoms with Crippen molar-refractivity contribution in [2.24, 2.45) is 0 Å². The second kappa shape index (κ2) is 11.1. The van der Waals surface area contributed by atoms with Gasteiger partial charge in [-0.25, -0.2) is 0 Å². The van der Waals surface area contributed by atoms with E-state index in [0.717, 1.165) is 39.0 Å². The summed E-state index contributed by atoms with van der Waals surface area (Å²) in [5, 5.41) is 3.29. The highest BCUT2D eigenvalue weighted by molar-refractivity contribution is 5.85. The van der Waals surface area contributed by atoms with E-state index in [2.05, 4.69) is 17.1 Å². The van der Waals surface area contributed by atoms with E-state index in [1.165, 1.54) is 0 Å². The van der Waals surface area contributed by atoms with Crippen molar-refractivity contribution in [3.63, 3.8) is 0 Å². The molecule has 1 unspecified atom stereocenters. The minimum atomic E-state index is -0.0544. The van der Waals surface area contributed by atoms with Gasteiger partial charge in [0.1, 0.15) is 6.04 Å². The van der Waals surface area contributed by atoms with Crippen molar-refractivity contribution in [1.29, 1.82) is 0 Å². The largest absolute Gasteiger partial charge is 0.465 e. The third kappa shape index (κ3) is 6.46. The second-order valence-electron chi connectivity index (χ2n) is 3.84. The van der Waals surface area contributed by atoms with Crippen LogP contribution >= 0.6 is 24.8 Å². The smallest absolute Gasteiger partial charge is 0.323 e. The molecule has 0 aromatic carbocycles. The minimum absolute atomic E-state index is 0. The Morgan fingerprint density at radius 1 is 1.29 bits per heavy atom. The van der Waals surface area contributed by atoms with Crippen LogP contribution in [-0.4, -0.2) is 49.7 Å². The number of piperazine rings is 1. The average molecular weight is 287 g/mol. The Balaban J connectivity index is 0. The van der Waals surface area contributed by atoms with E-state index in [9.17, 15) is 4.79 Å². The lowest BCUT2D eigenvalue weighted by molar-refractivity contribution is -0.150. The van der Waals surface area contributed by atoms with Gasteiger partial charge in [0.15, 0.2) is 0 Å². The summed E-state index contributed by atoms with van der Waals surface area (Å²) in [5.74, 6) is -0.0544. The fourth-order valence-corrected chi connectivity index (χ4v) is 1.96. The van der Waals surface area contributed by atoms with E-state index in [0.29, 0.717) is 6.61 Å². The van der Waals surface area contributed by atoms with Crippen LogP contribution in [-0.2, 0) is 9.53 Å². The summed E-state index contributed by atoms with van der Waals surface area (Å²) >= 11 is 0. The number of ether oxygens (including phenoxy) is 1. The molecule has 1 aliphatic heterocycles. The molecule has 0 amide bonds. The van der Waals surface area contributed by atoms with E-state index >= 15 is 0 Å². The van der Waals surface area contributed by atoms with Crippen LogP contribution in [0.15, 0.2) is 0 Å². The standard InChI is InChI=1S/C11H22N2O2.2ClH/c1-3-5-10(11(14)15-4-2)13-8-6-12-7-9-13;;/h10,12H,3-9H2,1-2H3;2*1H. The molecule has 1 saturated heterocycles. The number of nitrogens with zero attached hydrogens (tertiary/aromatic N) is 1. The summed E-state index contributed by atoms with van der Waals surface area (Å²) in [6.45, 7) is 8.28. The molecule has 1 heterocycles. The van der Waals surface area contributed by atoms with Gasteiger partial charge in [0.05, 0.1) is 6.61 Å². The molecule has 1 fully saturated rings. The molecule has 1 aliphatic rings. The first-order chi connectivity index (χ1) is 7.29. The fourth-order valence-electron chi connectivity index (χ4n) is 1.96. The summed E-state index contributed by atoms with van der Waals surface area (Å²) in [7, 11) is 0. The summed E-state index contributed by atoms with van der Waals surface area (Å²) in [5.41, 5.74) is 0. The molecule has 0 aromatic rings. The Morgan fingerprint density at radius 3 is 2.35 bits per heavy atom. The van der Waals surface area contributed by atoms with E-state index in [1.54, 1.807) is 0 Å². The Morgan fingerprint density at radius 2 is 1.88 bits per heavy atom. The molecule has 1 N–H and O–H groups in total. The van der Waals surface area contributed by atoms with Gasteiger partial charge in [-0.3, -0.25) is 9.69 Å². The van der Waals surface area contributed by atoms with Crippen molar-refractivity contribution in [3.8, 4) is 0 Å². The summed E-state index contributed by atoms with van der Waals surface area (Å²) in [6.07, 6.45) is 1.92. The molecule has 4 nitrogen and oxygen atoms in total. The van der Waals surface area contributed by atoms with Crippen molar-refractivity contribution < 1.29 is 9.53 Å². The van der Waals surface area contributed by atoms with Gasteiger partial charge in [-0.1, -0.05) is 13.3 Å². The quantitative estimate of drug-likeness (QED) is 0.777. The lowest BCUT2D eigenvalue weighted by atomic mass is 10.1. The van der Waals surface area contributed by atoms with Gasteiger partial charge in [0.25, 0.3) is 0 Å². The molecule has 0 spiro atoms. The number of halogens is 2. The van der Waals surface area contributed by atoms with Gasteiger partial charge < -0.3 is 10.1 Å². The van der Waals surface area contributed by atoms with Gasteiger partial charge in [0.2, 0.25) is 0 Å². The van der Waals surface area contributed by atoms with Crippen LogP contribution in [0.3, 0.4) is 0 Å². The van der Waals surface area contributed by atoms with Crippen molar-refractivity contribution in [2.75, 3.05) is 32.8 Å². The Bertz CT molecular complexity index is 200. The summed E-state index contributed by atoms with van der Waals surface area (Å²) in [6, 6.07) is -0.0305. The molecule has 17 heavy (non-hydrogen) atoms. The molecule has 1 atom stereocenters. The molecular formula is C11H24Cl2N2O2. The Hall–Kier alpha value is -0.0300. The van der Waals surface area contributed by atoms with Gasteiger partial charge >= 0.3 is 5.97 Å². The maximum Gasteiger partial charge on any atom is 0.323 e. The van der Waals surface area contributed by atoms with E-state index in [-0.39, 0.29) is 36.8 Å². The third-order valence-corrected chi connectivity index (χ3v) is 2.71. The van der Waals surface area contributed by atoms with Gasteiger partial charge in [-0.2, -0.15) is 0 Å². The fraction of sp³-hybridized carbons (Fsp3) is 0.909. The molecule has 6 heteroatoms. The van der Waals surface area contributed by atoms with Crippen LogP contribution in [0.2, 0.25) is 0 Å². The summed E-state index contributed by atoms with van der Waals surface area (Å²) in [4.78, 5) is 14.0. The van der Waals surface area contributed by atoms with Crippen LogP contribution in [0.1, 0.15) is 26.7 Å². The SMILES string of the molecule is CCCC(C(=O)OCC)N1CCNCC1.Cl.Cl. The first-order valence-corrected chi connectivity index (χ1v) is 5.91. The van der Waals surface area contributed by atoms with Crippen LogP contribution in [0.4, 0.5) is 0 Å². The van der Waals surface area contributed by atoms with E-state index in [4.69, 9.17) is 4.74 Å². The first kappa shape index (κ1) is 19.3. The minimum Gasteiger partial charge on any atom is -0.465 e. The molecule has 0 bridgehead atoms. The molecule has 0 radical (unpaired) electrons. The Labute approximate surface area is 116 Å². The van der Waals surface area contributed by atoms with Crippen molar-refractivity contribution in [2.45, 2.75) is 32.7 Å². The molecule has 0 saturated carbocycles. The normalized spacial score (nSPS) is 17.5. The Kier molecular flexibility index (Phi) is 12.6. The summed E-state index contributed by atoms with van der Waals surface area (Å²) < 4.78 is 5.11. The van der Waals surface area contributed by atoms with Crippen LogP contribution in [0, 0.1) is 0 Å². The molecular weight excluding hydrogens is 263 g/mol. The number of hydrogen-bond acceptors (Lipinski definition) is 4. The van der Waals surface area contributed by atoms with Crippen LogP contribution in [0.25, 0.3) is 0 Å². The monoisotopic (exact) mass is 286 g/mol. The number of esters is 1. The number of carbonyl (C=O) groups excluding carboxylic acids is 1. The number of carbonyl (C=O) groups is 1. The third-order valence-electron chi connectivity index (χ3n) is 2.71. The van der Waals surface area contributed by atoms with E-state index < -0.39 is 0 Å². The molecule has 104 valence electrons. The zero-order valence-electron chi connectivity index (χ0n) is 10.6. The second-order valence-corrected chi connectivity index (χ2v) is 3.84. The lowest BCUT2D eigenvalue weighted by Gasteiger charge is -2.33. The maximum absolute atomic E-state index is 11.7. The number of rotatable bonds is 5. The van der Waals surface area contributed by atoms with Gasteiger partial charge in [0, 0.05) is 26.2 Å². The molecule has 0 aromatic heterocycles. The zero-order valence-corrected chi connectivity index (χ0v) is 12.2. The van der Waals surface area contributed by atoms with Crippen molar-refractivity contribution >= 4 is 30.8 Å². The highest BCUT2D eigenvalue weighted by atomic mass is 35.5. The molecule has 1 rings (SSSR count). The lowest BCUT2D eigenvalue weighted by Crippen LogP contribution is -2.51. The molecule has 0 aliphatic carbocycles. The average Bonchev–Trinajstić information content (AvgIpc) is 2.27. The highest BCUT2D eigenvalue weighted by Crippen LogP contribution is 2.10. The maximum atomic E-state index is 11.7. The zero-order chi connectivity index (χ0) is 11.1. The first-order valence-electron chi connectivity index (χ1n) is 5.91.